The number of nitrogens with zero attached hydrogens (tertiary/aromatic N) is 1. The number of hydrogen-bond donors (Lipinski definition) is 0. The zero-order valence-electron chi connectivity index (χ0n) is 8.40. The van der Waals surface area contributed by atoms with Crippen LogP contribution in [-0.2, 0) is 13.6 Å². The van der Waals surface area contributed by atoms with Crippen molar-refractivity contribution in [2.45, 2.75) is 26.9 Å². The molecule has 0 aromatic heterocycles. The van der Waals surface area contributed by atoms with E-state index in [-0.39, 0.29) is 6.10 Å². The van der Waals surface area contributed by atoms with Crippen molar-refractivity contribution < 1.29 is 13.6 Å². The minimum Gasteiger partial charge on any atom is -0.297 e. The van der Waals surface area contributed by atoms with E-state index in [1.807, 2.05) is 13.8 Å². The molecule has 0 fully saturated rings. The van der Waals surface area contributed by atoms with Crippen LogP contribution in [-0.4, -0.2) is 31.5 Å². The minimum atomic E-state index is -3.01. The van der Waals surface area contributed by atoms with Crippen LogP contribution >= 0.6 is 7.75 Å². The summed E-state index contributed by atoms with van der Waals surface area (Å²) in [4.78, 5) is 0. The highest BCUT2D eigenvalue weighted by atomic mass is 31.2. The van der Waals surface area contributed by atoms with Crippen molar-refractivity contribution in [3.8, 4) is 0 Å². The van der Waals surface area contributed by atoms with Gasteiger partial charge in [-0.3, -0.25) is 9.05 Å². The third kappa shape index (κ3) is 3.68. The van der Waals surface area contributed by atoms with Crippen LogP contribution in [0.3, 0.4) is 0 Å². The molecule has 0 rings (SSSR count). The summed E-state index contributed by atoms with van der Waals surface area (Å²) < 4.78 is 23.5. The zero-order chi connectivity index (χ0) is 9.78. The second-order valence-electron chi connectivity index (χ2n) is 2.89. The highest BCUT2D eigenvalue weighted by Crippen LogP contribution is 2.50. The first-order valence-corrected chi connectivity index (χ1v) is 5.52. The molecule has 0 aliphatic carbocycles. The van der Waals surface area contributed by atoms with E-state index in [1.165, 1.54) is 4.67 Å². The van der Waals surface area contributed by atoms with Crippen LogP contribution in [0.5, 0.6) is 0 Å². The SMILES string of the molecule is CCOP(=O)(OC(C)C)N(C)C. The summed E-state index contributed by atoms with van der Waals surface area (Å²) in [6, 6.07) is 0. The van der Waals surface area contributed by atoms with Gasteiger partial charge in [0.25, 0.3) is 0 Å². The van der Waals surface area contributed by atoms with Gasteiger partial charge in [-0.2, -0.15) is 0 Å². The Morgan fingerprint density at radius 1 is 1.42 bits per heavy atom. The maximum absolute atomic E-state index is 11.8. The predicted molar refractivity (Wildman–Crippen MR) is 49.1 cm³/mol. The molecule has 0 spiro atoms. The molecule has 0 bridgehead atoms. The van der Waals surface area contributed by atoms with Crippen molar-refractivity contribution >= 4 is 7.75 Å². The summed E-state index contributed by atoms with van der Waals surface area (Å²) in [5.74, 6) is 0. The van der Waals surface area contributed by atoms with Gasteiger partial charge in [0, 0.05) is 0 Å². The highest BCUT2D eigenvalue weighted by molar-refractivity contribution is 7.51. The van der Waals surface area contributed by atoms with Gasteiger partial charge >= 0.3 is 7.75 Å². The summed E-state index contributed by atoms with van der Waals surface area (Å²) >= 11 is 0. The molecule has 12 heavy (non-hydrogen) atoms. The molecule has 0 N–H and O–H groups in total. The summed E-state index contributed by atoms with van der Waals surface area (Å²) in [7, 11) is 0.345. The molecule has 74 valence electrons. The standard InChI is InChI=1S/C7H18NO3P/c1-6-10-12(9,8(4)5)11-7(2)3/h7H,6H2,1-5H3. The molecule has 0 aliphatic rings. The van der Waals surface area contributed by atoms with E-state index in [0.29, 0.717) is 6.61 Å². The van der Waals surface area contributed by atoms with E-state index in [9.17, 15) is 4.57 Å². The Morgan fingerprint density at radius 2 is 1.92 bits per heavy atom. The van der Waals surface area contributed by atoms with Crippen LogP contribution in [0, 0.1) is 0 Å². The maximum Gasteiger partial charge on any atom is 0.407 e. The molecule has 4 nitrogen and oxygen atoms in total. The topological polar surface area (TPSA) is 38.8 Å². The van der Waals surface area contributed by atoms with Crippen molar-refractivity contribution in [2.24, 2.45) is 0 Å². The lowest BCUT2D eigenvalue weighted by Gasteiger charge is -2.24. The molecule has 0 aromatic rings. The first-order valence-electron chi connectivity index (χ1n) is 4.03. The third-order valence-corrected chi connectivity index (χ3v) is 3.38. The second-order valence-corrected chi connectivity index (χ2v) is 5.09. The minimum absolute atomic E-state index is 0.0928. The van der Waals surface area contributed by atoms with E-state index in [2.05, 4.69) is 0 Å². The van der Waals surface area contributed by atoms with Gasteiger partial charge in [-0.1, -0.05) is 0 Å². The summed E-state index contributed by atoms with van der Waals surface area (Å²) in [6.45, 7) is 5.84. The highest BCUT2D eigenvalue weighted by Gasteiger charge is 2.28. The smallest absolute Gasteiger partial charge is 0.297 e. The lowest BCUT2D eigenvalue weighted by atomic mass is 10.5. The molecule has 0 amide bonds. The largest absolute Gasteiger partial charge is 0.407 e. The number of hydrogen-bond acceptors (Lipinski definition) is 3. The van der Waals surface area contributed by atoms with Gasteiger partial charge in [-0.05, 0) is 34.9 Å². The zero-order valence-corrected chi connectivity index (χ0v) is 9.30. The van der Waals surface area contributed by atoms with Crippen LogP contribution in [0.15, 0.2) is 0 Å². The van der Waals surface area contributed by atoms with Crippen LogP contribution in [0.4, 0.5) is 0 Å². The Bertz CT molecular complexity index is 170. The van der Waals surface area contributed by atoms with Crippen LogP contribution in [0.25, 0.3) is 0 Å². The average molecular weight is 195 g/mol. The fraction of sp³-hybridized carbons (Fsp3) is 1.00. The molecule has 0 aliphatic heterocycles. The first-order chi connectivity index (χ1) is 5.42. The van der Waals surface area contributed by atoms with Gasteiger partial charge in [0.1, 0.15) is 0 Å². The molecule has 0 saturated carbocycles. The van der Waals surface area contributed by atoms with E-state index >= 15 is 0 Å². The fourth-order valence-corrected chi connectivity index (χ4v) is 2.01. The van der Waals surface area contributed by atoms with Gasteiger partial charge in [-0.15, -0.1) is 0 Å². The quantitative estimate of drug-likeness (QED) is 0.630. The van der Waals surface area contributed by atoms with Crippen LogP contribution in [0.1, 0.15) is 20.8 Å². The Kier molecular flexibility index (Phi) is 5.02. The first kappa shape index (κ1) is 12.1. The summed E-state index contributed by atoms with van der Waals surface area (Å²) in [6.07, 6.45) is -0.0928. The third-order valence-electron chi connectivity index (χ3n) is 1.13. The molecule has 1 atom stereocenters. The monoisotopic (exact) mass is 195 g/mol. The molecular weight excluding hydrogens is 177 g/mol. The van der Waals surface area contributed by atoms with Gasteiger partial charge in [0.2, 0.25) is 0 Å². The Hall–Kier alpha value is 0.110. The Morgan fingerprint density at radius 3 is 2.17 bits per heavy atom. The van der Waals surface area contributed by atoms with Gasteiger partial charge in [-0.25, -0.2) is 9.24 Å². The second kappa shape index (κ2) is 4.97. The molecule has 1 unspecified atom stereocenters. The Labute approximate surface area is 74.4 Å². The maximum atomic E-state index is 11.8. The van der Waals surface area contributed by atoms with Crippen LogP contribution < -0.4 is 0 Å². The van der Waals surface area contributed by atoms with E-state index in [0.717, 1.165) is 0 Å². The predicted octanol–water partition coefficient (Wildman–Crippen LogP) is 2.12. The van der Waals surface area contributed by atoms with E-state index in [4.69, 9.17) is 9.05 Å². The average Bonchev–Trinajstić information content (AvgIpc) is 1.85. The lowest BCUT2D eigenvalue weighted by molar-refractivity contribution is 0.145. The van der Waals surface area contributed by atoms with Gasteiger partial charge in [0.15, 0.2) is 0 Å². The van der Waals surface area contributed by atoms with E-state index in [1.54, 1.807) is 21.0 Å². The fourth-order valence-electron chi connectivity index (χ4n) is 0.670. The molecule has 0 saturated heterocycles. The molecular formula is C7H18NO3P. The molecule has 0 heterocycles. The normalized spacial score (nSPS) is 16.9. The van der Waals surface area contributed by atoms with Crippen molar-refractivity contribution in [3.63, 3.8) is 0 Å². The van der Waals surface area contributed by atoms with Crippen molar-refractivity contribution in [1.29, 1.82) is 0 Å². The van der Waals surface area contributed by atoms with Crippen molar-refractivity contribution in [2.75, 3.05) is 20.7 Å². The Balaban J connectivity index is 4.30. The lowest BCUT2D eigenvalue weighted by Crippen LogP contribution is -2.16. The summed E-state index contributed by atoms with van der Waals surface area (Å²) in [5, 5.41) is 0. The number of rotatable bonds is 5. The van der Waals surface area contributed by atoms with Crippen molar-refractivity contribution in [1.82, 2.24) is 4.67 Å². The summed E-state index contributed by atoms with van der Waals surface area (Å²) in [5.41, 5.74) is 0. The molecule has 0 aromatic carbocycles. The van der Waals surface area contributed by atoms with Crippen molar-refractivity contribution in [3.05, 3.63) is 0 Å². The van der Waals surface area contributed by atoms with Gasteiger partial charge in [0.05, 0.1) is 12.7 Å². The molecule has 5 heteroatoms. The van der Waals surface area contributed by atoms with E-state index < -0.39 is 7.75 Å². The molecule has 0 radical (unpaired) electrons. The van der Waals surface area contributed by atoms with Crippen LogP contribution in [0.2, 0.25) is 0 Å². The van der Waals surface area contributed by atoms with Gasteiger partial charge < -0.3 is 0 Å².